The molecule has 2 aliphatic rings. The van der Waals surface area contributed by atoms with Crippen LogP contribution in [0.1, 0.15) is 38.5 Å². The van der Waals surface area contributed by atoms with E-state index in [1.54, 1.807) is 19.0 Å². The summed E-state index contributed by atoms with van der Waals surface area (Å²) < 4.78 is 0. The van der Waals surface area contributed by atoms with E-state index in [2.05, 4.69) is 0 Å². The average Bonchev–Trinajstić information content (AvgIpc) is 2.77. The molecule has 1 heterocycles. The second kappa shape index (κ2) is 5.07. The Morgan fingerprint density at radius 1 is 1.24 bits per heavy atom. The topological polar surface area (TPSA) is 40.6 Å². The van der Waals surface area contributed by atoms with E-state index in [0.717, 1.165) is 38.6 Å². The van der Waals surface area contributed by atoms with Gasteiger partial charge in [0, 0.05) is 39.0 Å². The molecule has 4 heteroatoms. The van der Waals surface area contributed by atoms with Crippen LogP contribution in [0, 0.1) is 5.92 Å². The molecule has 2 atom stereocenters. The fraction of sp³-hybridized carbons (Fsp3) is 0.846. The Bertz CT molecular complexity index is 315. The first kappa shape index (κ1) is 12.4. The molecule has 0 N–H and O–H groups in total. The summed E-state index contributed by atoms with van der Waals surface area (Å²) in [5.74, 6) is 0.481. The van der Waals surface area contributed by atoms with Gasteiger partial charge < -0.3 is 9.80 Å². The van der Waals surface area contributed by atoms with Crippen LogP contribution < -0.4 is 0 Å². The third-order valence-electron chi connectivity index (χ3n) is 3.99. The molecule has 17 heavy (non-hydrogen) atoms. The number of carbonyl (C=O) groups is 2. The standard InChI is InChI=1S/C13H22N2O2/c1-14(2)13(17)15-9-5-7-11(15)10-6-3-4-8-12(10)16/h10-11H,3-9H2,1-2H3. The van der Waals surface area contributed by atoms with E-state index in [1.165, 1.54) is 0 Å². The van der Waals surface area contributed by atoms with Crippen LogP contribution in [0.3, 0.4) is 0 Å². The number of hydrogen-bond donors (Lipinski definition) is 0. The van der Waals surface area contributed by atoms with Crippen molar-refractivity contribution in [2.45, 2.75) is 44.6 Å². The Morgan fingerprint density at radius 3 is 2.65 bits per heavy atom. The number of hydrogen-bond acceptors (Lipinski definition) is 2. The summed E-state index contributed by atoms with van der Waals surface area (Å²) in [5.41, 5.74) is 0. The zero-order valence-corrected chi connectivity index (χ0v) is 10.8. The molecule has 1 aliphatic carbocycles. The van der Waals surface area contributed by atoms with Gasteiger partial charge in [0.05, 0.1) is 0 Å². The van der Waals surface area contributed by atoms with Crippen molar-refractivity contribution >= 4 is 11.8 Å². The van der Waals surface area contributed by atoms with Gasteiger partial charge in [-0.2, -0.15) is 0 Å². The Labute approximate surface area is 103 Å². The summed E-state index contributed by atoms with van der Waals surface area (Å²) in [7, 11) is 3.56. The van der Waals surface area contributed by atoms with Gasteiger partial charge in [-0.05, 0) is 25.7 Å². The molecule has 4 nitrogen and oxygen atoms in total. The zero-order chi connectivity index (χ0) is 12.4. The van der Waals surface area contributed by atoms with Gasteiger partial charge in [-0.15, -0.1) is 0 Å². The predicted octanol–water partition coefficient (Wildman–Crippen LogP) is 1.89. The van der Waals surface area contributed by atoms with Gasteiger partial charge in [0.25, 0.3) is 0 Å². The lowest BCUT2D eigenvalue weighted by molar-refractivity contribution is -0.126. The Hall–Kier alpha value is -1.06. The molecule has 2 fully saturated rings. The van der Waals surface area contributed by atoms with Crippen LogP contribution >= 0.6 is 0 Å². The van der Waals surface area contributed by atoms with Crippen LogP contribution in [0.5, 0.6) is 0 Å². The molecule has 0 aromatic carbocycles. The van der Waals surface area contributed by atoms with Crippen molar-refractivity contribution in [3.05, 3.63) is 0 Å². The summed E-state index contributed by atoms with van der Waals surface area (Å²) in [5, 5.41) is 0. The fourth-order valence-electron chi connectivity index (χ4n) is 3.12. The summed E-state index contributed by atoms with van der Waals surface area (Å²) >= 11 is 0. The highest BCUT2D eigenvalue weighted by Gasteiger charge is 2.39. The first-order chi connectivity index (χ1) is 8.11. The summed E-state index contributed by atoms with van der Waals surface area (Å²) in [6, 6.07) is 0.226. The molecule has 2 unspecified atom stereocenters. The van der Waals surface area contributed by atoms with E-state index in [1.807, 2.05) is 4.90 Å². The molecule has 0 spiro atoms. The molecule has 1 aliphatic heterocycles. The third-order valence-corrected chi connectivity index (χ3v) is 3.99. The first-order valence-corrected chi connectivity index (χ1v) is 6.62. The largest absolute Gasteiger partial charge is 0.331 e. The number of Topliss-reactive ketones (excluding diaryl/α,β-unsaturated/α-hetero) is 1. The molecule has 0 bridgehead atoms. The number of carbonyl (C=O) groups excluding carboxylic acids is 2. The second-order valence-electron chi connectivity index (χ2n) is 5.40. The minimum Gasteiger partial charge on any atom is -0.331 e. The van der Waals surface area contributed by atoms with E-state index in [0.29, 0.717) is 12.2 Å². The van der Waals surface area contributed by atoms with Crippen LogP contribution in [0.15, 0.2) is 0 Å². The van der Waals surface area contributed by atoms with Crippen molar-refractivity contribution in [1.82, 2.24) is 9.80 Å². The van der Waals surface area contributed by atoms with E-state index >= 15 is 0 Å². The zero-order valence-electron chi connectivity index (χ0n) is 10.8. The maximum absolute atomic E-state index is 12.0. The monoisotopic (exact) mass is 238 g/mol. The van der Waals surface area contributed by atoms with Crippen molar-refractivity contribution in [2.75, 3.05) is 20.6 Å². The Balaban J connectivity index is 2.08. The van der Waals surface area contributed by atoms with Gasteiger partial charge in [-0.25, -0.2) is 4.79 Å². The average molecular weight is 238 g/mol. The SMILES string of the molecule is CN(C)C(=O)N1CCCC1C1CCCCC1=O. The Morgan fingerprint density at radius 2 is 2.00 bits per heavy atom. The van der Waals surface area contributed by atoms with E-state index < -0.39 is 0 Å². The first-order valence-electron chi connectivity index (χ1n) is 6.62. The number of rotatable bonds is 1. The molecule has 0 radical (unpaired) electrons. The third kappa shape index (κ3) is 2.45. The number of nitrogens with zero attached hydrogens (tertiary/aromatic N) is 2. The highest BCUT2D eigenvalue weighted by Crippen LogP contribution is 2.32. The van der Waals surface area contributed by atoms with Gasteiger partial charge in [0.15, 0.2) is 0 Å². The van der Waals surface area contributed by atoms with E-state index in [4.69, 9.17) is 0 Å². The number of likely N-dealkylation sites (tertiary alicyclic amines) is 1. The smallest absolute Gasteiger partial charge is 0.319 e. The number of ketones is 1. The van der Waals surface area contributed by atoms with Crippen LogP contribution in [0.25, 0.3) is 0 Å². The normalized spacial score (nSPS) is 29.5. The maximum Gasteiger partial charge on any atom is 0.319 e. The van der Waals surface area contributed by atoms with E-state index in [9.17, 15) is 9.59 Å². The lowest BCUT2D eigenvalue weighted by Crippen LogP contribution is -2.47. The maximum atomic E-state index is 12.0. The van der Waals surface area contributed by atoms with E-state index in [-0.39, 0.29) is 18.0 Å². The van der Waals surface area contributed by atoms with Crippen LogP contribution in [0.2, 0.25) is 0 Å². The molecule has 96 valence electrons. The van der Waals surface area contributed by atoms with Crippen molar-refractivity contribution in [1.29, 1.82) is 0 Å². The van der Waals surface area contributed by atoms with Crippen LogP contribution in [-0.4, -0.2) is 48.3 Å². The van der Waals surface area contributed by atoms with Crippen molar-refractivity contribution in [3.63, 3.8) is 0 Å². The van der Waals surface area contributed by atoms with Crippen LogP contribution in [0.4, 0.5) is 4.79 Å². The Kier molecular flexibility index (Phi) is 3.69. The summed E-state index contributed by atoms with van der Waals surface area (Å²) in [6.07, 6.45) is 5.89. The van der Waals surface area contributed by atoms with Gasteiger partial charge in [-0.3, -0.25) is 4.79 Å². The fourth-order valence-corrected chi connectivity index (χ4v) is 3.12. The van der Waals surface area contributed by atoms with Gasteiger partial charge in [0.2, 0.25) is 0 Å². The molecule has 2 rings (SSSR count). The minimum atomic E-state index is 0.0610. The molecule has 2 amide bonds. The highest BCUT2D eigenvalue weighted by molar-refractivity contribution is 5.83. The van der Waals surface area contributed by atoms with Crippen LogP contribution in [-0.2, 0) is 4.79 Å². The quantitative estimate of drug-likeness (QED) is 0.700. The van der Waals surface area contributed by atoms with Crippen molar-refractivity contribution < 1.29 is 9.59 Å². The van der Waals surface area contributed by atoms with Gasteiger partial charge >= 0.3 is 6.03 Å². The van der Waals surface area contributed by atoms with Crippen molar-refractivity contribution in [2.24, 2.45) is 5.92 Å². The summed E-state index contributed by atoms with van der Waals surface area (Å²) in [4.78, 5) is 27.5. The molecule has 1 saturated heterocycles. The molecule has 1 saturated carbocycles. The minimum absolute atomic E-state index is 0.0610. The van der Waals surface area contributed by atoms with Crippen molar-refractivity contribution in [3.8, 4) is 0 Å². The second-order valence-corrected chi connectivity index (χ2v) is 5.40. The summed E-state index contributed by atoms with van der Waals surface area (Å²) in [6.45, 7) is 0.811. The lowest BCUT2D eigenvalue weighted by Gasteiger charge is -2.34. The molecule has 0 aromatic rings. The molecule has 0 aromatic heterocycles. The molecular formula is C13H22N2O2. The molecular weight excluding hydrogens is 216 g/mol. The van der Waals surface area contributed by atoms with Gasteiger partial charge in [0.1, 0.15) is 5.78 Å². The predicted molar refractivity (Wildman–Crippen MR) is 65.8 cm³/mol. The van der Waals surface area contributed by atoms with Gasteiger partial charge in [-0.1, -0.05) is 6.42 Å². The highest BCUT2D eigenvalue weighted by atomic mass is 16.2. The lowest BCUT2D eigenvalue weighted by atomic mass is 9.82. The number of urea groups is 1. The number of amides is 2.